The average Bonchev–Trinajstić information content (AvgIpc) is 1.48. The van der Waals surface area contributed by atoms with Crippen LogP contribution in [0.3, 0.4) is 0 Å². The van der Waals surface area contributed by atoms with E-state index in [9.17, 15) is 56.4 Å². The summed E-state index contributed by atoms with van der Waals surface area (Å²) in [7, 11) is -3.39. The number of carboxylic acid groups (broad SMARTS) is 4. The number of aromatic carboxylic acids is 4. The maximum absolute atomic E-state index is 12.4. The highest BCUT2D eigenvalue weighted by Crippen LogP contribution is 2.46. The van der Waals surface area contributed by atoms with E-state index in [1.807, 2.05) is 253 Å². The molecule has 8 aromatic heterocycles. The summed E-state index contributed by atoms with van der Waals surface area (Å²) in [5, 5.41) is 46.2. The number of rotatable bonds is 24. The summed E-state index contributed by atoms with van der Waals surface area (Å²) in [5.41, 5.74) is 17.5. The SMILES string of the molecule is COc1ccc([C@@H](C)Oc2ccc(C)c3nc(-c4oc5ccccc5c4C)cc(C(=O)O)c23)cc1.COc1ccc([C@H](C)Oc2ccc(C)c3nc(-c4oc5ccccc5c4C)cc(C(=O)O)c23)cc1.Cc1c(-c2cc(C(=O)O)c3c(O[C@@H](C)c4ccc(S(C)(=O)=O)cc4)ccc(C)c3n2)oc2ccccc12.Cc1c(-c2cc(C(=O)O)c3c(O[C@H](C)c4ccc(S(C)(=O)=O)cc4)ccc(C)c3n2)oc2ccccc12. The highest BCUT2D eigenvalue weighted by molar-refractivity contribution is 7.91. The number of hydrogen-bond donors (Lipinski definition) is 4. The number of hydrogen-bond acceptors (Lipinski definition) is 22. The van der Waals surface area contributed by atoms with Gasteiger partial charge >= 0.3 is 23.9 Å². The van der Waals surface area contributed by atoms with Crippen molar-refractivity contribution in [2.45, 2.75) is 117 Å². The number of sulfone groups is 2. The van der Waals surface area contributed by atoms with E-state index in [4.69, 9.17) is 66.0 Å². The predicted molar refractivity (Wildman–Crippen MR) is 555 cm³/mol. The fourth-order valence-electron chi connectivity index (χ4n) is 17.7. The Morgan fingerprint density at radius 2 is 0.486 bits per heavy atom. The number of aromatic nitrogens is 4. The number of methoxy groups -OCH3 is 2. The van der Waals surface area contributed by atoms with Crippen LogP contribution in [0, 0.1) is 55.4 Å². The van der Waals surface area contributed by atoms with Crippen LogP contribution in [-0.2, 0) is 19.7 Å². The van der Waals surface area contributed by atoms with Gasteiger partial charge in [0.15, 0.2) is 42.7 Å². The van der Waals surface area contributed by atoms with Gasteiger partial charge in [-0.05, 0) is 249 Å². The summed E-state index contributed by atoms with van der Waals surface area (Å²) in [6, 6.07) is 79.5. The molecule has 8 heterocycles. The van der Waals surface area contributed by atoms with Crippen molar-refractivity contribution in [1.82, 2.24) is 19.9 Å². The summed E-state index contributed by atoms with van der Waals surface area (Å²) in [6.07, 6.45) is 0.734. The summed E-state index contributed by atoms with van der Waals surface area (Å²) in [6.45, 7) is 22.8. The van der Waals surface area contributed by atoms with Crippen LogP contribution in [0.1, 0.15) is 160 Å². The molecule has 0 aliphatic rings. The number of pyridine rings is 4. The van der Waals surface area contributed by atoms with Gasteiger partial charge in [-0.25, -0.2) is 55.9 Å². The third-order valence-electron chi connectivity index (χ3n) is 25.7. The van der Waals surface area contributed by atoms with Gasteiger partial charge in [-0.3, -0.25) is 0 Å². The number of aryl methyl sites for hydroxylation is 8. The van der Waals surface area contributed by atoms with Gasteiger partial charge in [0.2, 0.25) is 0 Å². The molecule has 144 heavy (non-hydrogen) atoms. The number of fused-ring (bicyclic) bond motifs is 8. The average molecular weight is 1970 g/mol. The van der Waals surface area contributed by atoms with Crippen molar-refractivity contribution >= 4 is 131 Å². The van der Waals surface area contributed by atoms with Crippen molar-refractivity contribution in [2.24, 2.45) is 0 Å². The van der Waals surface area contributed by atoms with Crippen LogP contribution in [0.2, 0.25) is 0 Å². The Hall–Kier alpha value is -17.0. The first-order chi connectivity index (χ1) is 68.8. The maximum Gasteiger partial charge on any atom is 0.336 e. The lowest BCUT2D eigenvalue weighted by Gasteiger charge is -2.19. The van der Waals surface area contributed by atoms with Gasteiger partial charge < -0.3 is 66.5 Å². The van der Waals surface area contributed by atoms with Crippen molar-refractivity contribution in [3.8, 4) is 80.3 Å². The zero-order valence-electron chi connectivity index (χ0n) is 81.5. The molecular formula is C116H100N4O22S2. The molecule has 0 radical (unpaired) electrons. The van der Waals surface area contributed by atoms with E-state index in [0.29, 0.717) is 124 Å². The Bertz CT molecular complexity index is 8220. The van der Waals surface area contributed by atoms with Crippen LogP contribution < -0.4 is 28.4 Å². The minimum atomic E-state index is -3.31. The zero-order valence-corrected chi connectivity index (χ0v) is 83.1. The molecule has 0 aliphatic heterocycles. The largest absolute Gasteiger partial charge is 0.497 e. The first kappa shape index (κ1) is 98.6. The smallest absolute Gasteiger partial charge is 0.336 e. The maximum atomic E-state index is 12.4. The van der Waals surface area contributed by atoms with Gasteiger partial charge in [0, 0.05) is 56.3 Å². The first-order valence-electron chi connectivity index (χ1n) is 46.0. The van der Waals surface area contributed by atoms with Crippen LogP contribution in [-0.4, -0.2) is 108 Å². The van der Waals surface area contributed by atoms with E-state index >= 15 is 0 Å². The topological polar surface area (TPSA) is 377 Å². The normalized spacial score (nSPS) is 12.4. The van der Waals surface area contributed by atoms with Gasteiger partial charge in [0.1, 0.15) is 104 Å². The van der Waals surface area contributed by atoms with Gasteiger partial charge in [-0.1, -0.05) is 146 Å². The first-order valence-corrected chi connectivity index (χ1v) is 49.8. The summed E-state index contributed by atoms with van der Waals surface area (Å²) in [4.78, 5) is 69.5. The van der Waals surface area contributed by atoms with Gasteiger partial charge in [0.25, 0.3) is 0 Å². The fraction of sp³-hybridized carbons (Fsp3) is 0.172. The van der Waals surface area contributed by atoms with Crippen LogP contribution in [0.5, 0.6) is 34.5 Å². The van der Waals surface area contributed by atoms with E-state index in [1.54, 1.807) is 74.9 Å². The quantitative estimate of drug-likeness (QED) is 0.0436. The van der Waals surface area contributed by atoms with Crippen molar-refractivity contribution in [1.29, 1.82) is 0 Å². The van der Waals surface area contributed by atoms with Crippen LogP contribution >= 0.6 is 0 Å². The van der Waals surface area contributed by atoms with Crippen molar-refractivity contribution in [2.75, 3.05) is 26.7 Å². The van der Waals surface area contributed by atoms with E-state index < -0.39 is 55.8 Å². The highest BCUT2D eigenvalue weighted by Gasteiger charge is 2.30. The standard InChI is InChI=1S/2C29H25NO6S.2C29H25NO5/c2*1-16-9-14-25(35-18(3)19-10-12-20(13-11-19)37(4,33)34)26-22(29(31)32)15-23(30-27(16)26)28-17(2)21-7-5-6-8-24(21)36-28;2*1-16-9-14-25(34-18(3)19-10-12-20(33-4)13-11-19)26-22(29(31)32)15-23(30-27(16)26)28-17(2)21-7-5-6-8-24(21)35-28/h2*5-15,18H,1-4H3,(H,31,32);2*5-15,18H,1-4H3,(H,31,32)/t4*18-/m1010/s1. The molecule has 4 N–H and O–H groups in total. The molecule has 12 aromatic carbocycles. The Morgan fingerprint density at radius 3 is 0.674 bits per heavy atom. The number of ether oxygens (including phenoxy) is 6. The van der Waals surface area contributed by atoms with Crippen LogP contribution in [0.15, 0.2) is 294 Å². The van der Waals surface area contributed by atoms with Gasteiger partial charge in [-0.15, -0.1) is 0 Å². The number of para-hydroxylation sites is 4. The third kappa shape index (κ3) is 19.9. The fourth-order valence-corrected chi connectivity index (χ4v) is 19.0. The summed E-state index contributed by atoms with van der Waals surface area (Å²) in [5.74, 6) is 1.03. The number of nitrogens with zero attached hydrogens (tertiary/aromatic N) is 4. The Balaban J connectivity index is 0.000000132. The Morgan fingerprint density at radius 1 is 0.285 bits per heavy atom. The number of carbonyl (C=O) groups is 4. The molecular weight excluding hydrogens is 1870 g/mol. The summed E-state index contributed by atoms with van der Waals surface area (Å²) >= 11 is 0. The van der Waals surface area contributed by atoms with E-state index in [1.165, 1.54) is 36.4 Å². The molecule has 0 aliphatic carbocycles. The Kier molecular flexibility index (Phi) is 27.6. The van der Waals surface area contributed by atoms with Crippen molar-refractivity contribution < 1.29 is 103 Å². The molecule has 0 spiro atoms. The van der Waals surface area contributed by atoms with Crippen LogP contribution in [0.25, 0.3) is 133 Å². The minimum absolute atomic E-state index is 0.0539. The molecule has 20 aromatic rings. The zero-order chi connectivity index (χ0) is 102. The van der Waals surface area contributed by atoms with Crippen molar-refractivity contribution in [3.05, 3.63) is 356 Å². The van der Waals surface area contributed by atoms with Crippen molar-refractivity contribution in [3.63, 3.8) is 0 Å². The molecule has 4 atom stereocenters. The van der Waals surface area contributed by atoms with E-state index in [0.717, 1.165) is 123 Å². The molecule has 0 saturated carbocycles. The molecule has 728 valence electrons. The lowest BCUT2D eigenvalue weighted by atomic mass is 10.0. The molecule has 0 fully saturated rings. The minimum Gasteiger partial charge on any atom is -0.497 e. The van der Waals surface area contributed by atoms with Gasteiger partial charge in [0.05, 0.1) is 89.9 Å². The third-order valence-corrected chi connectivity index (χ3v) is 27.9. The predicted octanol–water partition coefficient (Wildman–Crippen LogP) is 27.2. The molecule has 28 heteroatoms. The monoisotopic (exact) mass is 1960 g/mol. The van der Waals surface area contributed by atoms with Crippen LogP contribution in [0.4, 0.5) is 0 Å². The number of carboxylic acids is 4. The molecule has 0 saturated heterocycles. The van der Waals surface area contributed by atoms with Gasteiger partial charge in [-0.2, -0.15) is 0 Å². The second-order valence-corrected chi connectivity index (χ2v) is 39.4. The Labute approximate surface area is 828 Å². The molecule has 26 nitrogen and oxygen atoms in total. The van der Waals surface area contributed by atoms with E-state index in [2.05, 4.69) is 0 Å². The molecule has 0 unspecified atom stereocenters. The second kappa shape index (κ2) is 40.3. The molecule has 0 bridgehead atoms. The lowest BCUT2D eigenvalue weighted by molar-refractivity contribution is 0.0687. The molecule has 0 amide bonds. The lowest BCUT2D eigenvalue weighted by Crippen LogP contribution is -2.07. The highest BCUT2D eigenvalue weighted by atomic mass is 32.2. The number of furan rings is 4. The second-order valence-electron chi connectivity index (χ2n) is 35.3. The number of benzene rings is 12. The van der Waals surface area contributed by atoms with E-state index in [-0.39, 0.29) is 44.3 Å². The summed E-state index contributed by atoms with van der Waals surface area (Å²) < 4.78 is 107. The molecule has 20 rings (SSSR count).